The van der Waals surface area contributed by atoms with Gasteiger partial charge in [-0.2, -0.15) is 0 Å². The van der Waals surface area contributed by atoms with E-state index in [1.54, 1.807) is 48.7 Å². The summed E-state index contributed by atoms with van der Waals surface area (Å²) < 4.78 is 24.3. The molecule has 1 amide bonds. The summed E-state index contributed by atoms with van der Waals surface area (Å²) in [5.41, 5.74) is 2.03. The fourth-order valence-electron chi connectivity index (χ4n) is 2.73. The second-order valence-corrected chi connectivity index (χ2v) is 7.15. The number of carbonyl (C=O) groups excluding carboxylic acids is 1. The Labute approximate surface area is 170 Å². The molecule has 0 bridgehead atoms. The standard InChI is InChI=1S/C22H17FN2O3S/c23-16-5-1-4-15(10-16)13-28-19-7-2-6-17(11-19)24-21(26)12-18-14-29-22(25-18)20-8-3-9-27-20/h1-11,14H,12-13H2,(H,24,26). The van der Waals surface area contributed by atoms with Gasteiger partial charge in [0.05, 0.1) is 18.4 Å². The van der Waals surface area contributed by atoms with Crippen LogP contribution in [0.15, 0.2) is 76.7 Å². The van der Waals surface area contributed by atoms with E-state index in [4.69, 9.17) is 9.15 Å². The number of anilines is 1. The molecule has 0 aliphatic rings. The van der Waals surface area contributed by atoms with Crippen molar-refractivity contribution in [2.24, 2.45) is 0 Å². The third-order valence-corrected chi connectivity index (χ3v) is 4.94. The van der Waals surface area contributed by atoms with Crippen LogP contribution < -0.4 is 10.1 Å². The molecule has 0 unspecified atom stereocenters. The van der Waals surface area contributed by atoms with Crippen molar-refractivity contribution >= 4 is 22.9 Å². The van der Waals surface area contributed by atoms with Crippen LogP contribution in [-0.2, 0) is 17.8 Å². The molecular formula is C22H17FN2O3S. The number of nitrogens with zero attached hydrogens (tertiary/aromatic N) is 1. The van der Waals surface area contributed by atoms with Crippen molar-refractivity contribution in [1.82, 2.24) is 4.98 Å². The van der Waals surface area contributed by atoms with Crippen LogP contribution in [0.5, 0.6) is 5.75 Å². The third-order valence-electron chi connectivity index (χ3n) is 4.04. The van der Waals surface area contributed by atoms with Crippen LogP contribution in [0, 0.1) is 5.82 Å². The van der Waals surface area contributed by atoms with Gasteiger partial charge in [0.25, 0.3) is 0 Å². The second-order valence-electron chi connectivity index (χ2n) is 6.29. The summed E-state index contributed by atoms with van der Waals surface area (Å²) in [4.78, 5) is 16.8. The molecule has 2 aromatic carbocycles. The molecule has 1 N–H and O–H groups in total. The Kier molecular flexibility index (Phi) is 5.67. The van der Waals surface area contributed by atoms with E-state index in [9.17, 15) is 9.18 Å². The normalized spacial score (nSPS) is 10.7. The monoisotopic (exact) mass is 408 g/mol. The number of aromatic nitrogens is 1. The highest BCUT2D eigenvalue weighted by Crippen LogP contribution is 2.24. The number of thiazole rings is 1. The van der Waals surface area contributed by atoms with Gasteiger partial charge in [0, 0.05) is 17.1 Å². The van der Waals surface area contributed by atoms with Crippen molar-refractivity contribution in [1.29, 1.82) is 0 Å². The van der Waals surface area contributed by atoms with Crippen molar-refractivity contribution in [2.75, 3.05) is 5.32 Å². The summed E-state index contributed by atoms with van der Waals surface area (Å²) in [6.07, 6.45) is 1.75. The van der Waals surface area contributed by atoms with Crippen LogP contribution >= 0.6 is 11.3 Å². The number of benzene rings is 2. The van der Waals surface area contributed by atoms with E-state index >= 15 is 0 Å². The van der Waals surface area contributed by atoms with E-state index in [0.717, 1.165) is 10.6 Å². The number of carbonyl (C=O) groups is 1. The average molecular weight is 408 g/mol. The molecule has 2 aromatic heterocycles. The molecule has 146 valence electrons. The molecular weight excluding hydrogens is 391 g/mol. The number of hydrogen-bond acceptors (Lipinski definition) is 5. The van der Waals surface area contributed by atoms with Gasteiger partial charge >= 0.3 is 0 Å². The highest BCUT2D eigenvalue weighted by molar-refractivity contribution is 7.13. The van der Waals surface area contributed by atoms with E-state index in [2.05, 4.69) is 10.3 Å². The van der Waals surface area contributed by atoms with Crippen molar-refractivity contribution in [3.8, 4) is 16.5 Å². The zero-order valence-electron chi connectivity index (χ0n) is 15.3. The molecule has 7 heteroatoms. The number of hydrogen-bond donors (Lipinski definition) is 1. The Morgan fingerprint density at radius 2 is 2.03 bits per heavy atom. The van der Waals surface area contributed by atoms with Gasteiger partial charge in [0.15, 0.2) is 10.8 Å². The largest absolute Gasteiger partial charge is 0.489 e. The summed E-state index contributed by atoms with van der Waals surface area (Å²) in [6.45, 7) is 0.240. The molecule has 4 aromatic rings. The summed E-state index contributed by atoms with van der Waals surface area (Å²) in [5.74, 6) is 0.790. The van der Waals surface area contributed by atoms with Gasteiger partial charge in [-0.15, -0.1) is 11.3 Å². The molecule has 0 saturated carbocycles. The quantitative estimate of drug-likeness (QED) is 0.451. The van der Waals surface area contributed by atoms with Crippen molar-refractivity contribution in [3.05, 3.63) is 89.4 Å². The van der Waals surface area contributed by atoms with Crippen molar-refractivity contribution in [3.63, 3.8) is 0 Å². The molecule has 0 spiro atoms. The summed E-state index contributed by atoms with van der Waals surface area (Å²) >= 11 is 1.43. The lowest BCUT2D eigenvalue weighted by atomic mass is 10.2. The molecule has 0 aliphatic carbocycles. The van der Waals surface area contributed by atoms with Gasteiger partial charge < -0.3 is 14.5 Å². The Balaban J connectivity index is 1.34. The van der Waals surface area contributed by atoms with Gasteiger partial charge in [-0.25, -0.2) is 9.37 Å². The van der Waals surface area contributed by atoms with Crippen LogP contribution in [0.2, 0.25) is 0 Å². The predicted molar refractivity (Wildman–Crippen MR) is 109 cm³/mol. The first-order chi connectivity index (χ1) is 14.2. The Hall–Kier alpha value is -3.45. The van der Waals surface area contributed by atoms with E-state index in [1.807, 2.05) is 11.4 Å². The second kappa shape index (κ2) is 8.70. The molecule has 4 rings (SSSR count). The average Bonchev–Trinajstić information content (AvgIpc) is 3.38. The van der Waals surface area contributed by atoms with Crippen LogP contribution in [0.1, 0.15) is 11.3 Å². The Bertz CT molecular complexity index is 1110. The SMILES string of the molecule is O=C(Cc1csc(-c2ccco2)n1)Nc1cccc(OCc2cccc(F)c2)c1. The van der Waals surface area contributed by atoms with E-state index < -0.39 is 0 Å². The van der Waals surface area contributed by atoms with Gasteiger partial charge in [-0.1, -0.05) is 18.2 Å². The van der Waals surface area contributed by atoms with Crippen LogP contribution in [-0.4, -0.2) is 10.9 Å². The number of nitrogens with one attached hydrogen (secondary N) is 1. The minimum absolute atomic E-state index is 0.158. The zero-order chi connectivity index (χ0) is 20.1. The van der Waals surface area contributed by atoms with Crippen LogP contribution in [0.3, 0.4) is 0 Å². The number of furan rings is 1. The fraction of sp³-hybridized carbons (Fsp3) is 0.0909. The Morgan fingerprint density at radius 3 is 2.86 bits per heavy atom. The third kappa shape index (κ3) is 5.08. The molecule has 0 saturated heterocycles. The maximum Gasteiger partial charge on any atom is 0.230 e. The highest BCUT2D eigenvalue weighted by Gasteiger charge is 2.11. The maximum atomic E-state index is 13.2. The molecule has 2 heterocycles. The van der Waals surface area contributed by atoms with Crippen LogP contribution in [0.4, 0.5) is 10.1 Å². The Morgan fingerprint density at radius 1 is 1.14 bits per heavy atom. The molecule has 29 heavy (non-hydrogen) atoms. The zero-order valence-corrected chi connectivity index (χ0v) is 16.1. The summed E-state index contributed by atoms with van der Waals surface area (Å²) in [7, 11) is 0. The van der Waals surface area contributed by atoms with Gasteiger partial charge in [-0.05, 0) is 42.0 Å². The minimum atomic E-state index is -0.302. The number of ether oxygens (including phenoxy) is 1. The molecule has 0 fully saturated rings. The first kappa shape index (κ1) is 18.9. The highest BCUT2D eigenvalue weighted by atomic mass is 32.1. The van der Waals surface area contributed by atoms with E-state index in [1.165, 1.54) is 23.5 Å². The lowest BCUT2D eigenvalue weighted by molar-refractivity contribution is -0.115. The molecule has 0 aliphatic heterocycles. The molecule has 5 nitrogen and oxygen atoms in total. The minimum Gasteiger partial charge on any atom is -0.489 e. The van der Waals surface area contributed by atoms with Crippen molar-refractivity contribution < 1.29 is 18.3 Å². The number of amides is 1. The van der Waals surface area contributed by atoms with Gasteiger partial charge in [0.1, 0.15) is 18.2 Å². The number of rotatable bonds is 7. The number of halogens is 1. The maximum absolute atomic E-state index is 13.2. The first-order valence-electron chi connectivity index (χ1n) is 8.91. The summed E-state index contributed by atoms with van der Waals surface area (Å²) in [5, 5.41) is 5.43. The van der Waals surface area contributed by atoms with Gasteiger partial charge in [0.2, 0.25) is 5.91 Å². The lowest BCUT2D eigenvalue weighted by Crippen LogP contribution is -2.14. The summed E-state index contributed by atoms with van der Waals surface area (Å²) in [6, 6.07) is 17.0. The first-order valence-corrected chi connectivity index (χ1v) is 9.79. The molecule has 0 atom stereocenters. The topological polar surface area (TPSA) is 64.4 Å². The van der Waals surface area contributed by atoms with Crippen LogP contribution in [0.25, 0.3) is 10.8 Å². The smallest absolute Gasteiger partial charge is 0.230 e. The predicted octanol–water partition coefficient (Wildman–Crippen LogP) is 5.30. The van der Waals surface area contributed by atoms with Crippen molar-refractivity contribution in [2.45, 2.75) is 13.0 Å². The lowest BCUT2D eigenvalue weighted by Gasteiger charge is -2.09. The fourth-order valence-corrected chi connectivity index (χ4v) is 3.51. The van der Waals surface area contributed by atoms with E-state index in [0.29, 0.717) is 22.9 Å². The van der Waals surface area contributed by atoms with Gasteiger partial charge in [-0.3, -0.25) is 4.79 Å². The molecule has 0 radical (unpaired) electrons. The van der Waals surface area contributed by atoms with E-state index in [-0.39, 0.29) is 24.8 Å².